The summed E-state index contributed by atoms with van der Waals surface area (Å²) in [5, 5.41) is 8.00. The van der Waals surface area contributed by atoms with Crippen LogP contribution in [0.15, 0.2) is 36.8 Å². The maximum Gasteiger partial charge on any atom is 0.176 e. The molecule has 2 aromatic heterocycles. The van der Waals surface area contributed by atoms with Gasteiger partial charge >= 0.3 is 0 Å². The molecule has 2 saturated heterocycles. The van der Waals surface area contributed by atoms with Crippen LogP contribution in [0.4, 0.5) is 5.69 Å². The molecule has 5 nitrogen and oxygen atoms in total. The molecule has 4 rings (SSSR count). The van der Waals surface area contributed by atoms with Crippen LogP contribution in [0.3, 0.4) is 0 Å². The fraction of sp³-hybridized carbons (Fsp3) is 0.467. The summed E-state index contributed by atoms with van der Waals surface area (Å²) in [7, 11) is 0. The van der Waals surface area contributed by atoms with Gasteiger partial charge in [0.2, 0.25) is 0 Å². The second kappa shape index (κ2) is 4.90. The minimum absolute atomic E-state index is 0.538. The van der Waals surface area contributed by atoms with E-state index in [4.69, 9.17) is 0 Å². The van der Waals surface area contributed by atoms with E-state index >= 15 is 0 Å². The van der Waals surface area contributed by atoms with Crippen LogP contribution in [0.1, 0.15) is 19.3 Å². The van der Waals surface area contributed by atoms with Gasteiger partial charge in [-0.05, 0) is 44.0 Å². The smallest absolute Gasteiger partial charge is 0.176 e. The molecular formula is C15H19N5. The minimum Gasteiger partial charge on any atom is -0.378 e. The number of anilines is 1. The Morgan fingerprint density at radius 3 is 3.05 bits per heavy atom. The molecule has 2 fully saturated rings. The first-order chi connectivity index (χ1) is 9.92. The van der Waals surface area contributed by atoms with Crippen molar-refractivity contribution < 1.29 is 0 Å². The number of nitrogens with zero attached hydrogens (tertiary/aromatic N) is 4. The molecule has 2 aromatic rings. The van der Waals surface area contributed by atoms with Crippen LogP contribution in [-0.4, -0.2) is 44.8 Å². The van der Waals surface area contributed by atoms with Crippen molar-refractivity contribution in [3.8, 4) is 5.82 Å². The Bertz CT molecular complexity index is 580. The molecule has 0 aromatic carbocycles. The number of fused-ring (bicyclic) bond motifs is 1. The third-order valence-corrected chi connectivity index (χ3v) is 4.46. The maximum absolute atomic E-state index is 4.47. The number of hydrogen-bond donors (Lipinski definition) is 1. The summed E-state index contributed by atoms with van der Waals surface area (Å²) in [5.41, 5.74) is 1.08. The van der Waals surface area contributed by atoms with E-state index in [1.54, 1.807) is 6.20 Å². The van der Waals surface area contributed by atoms with Gasteiger partial charge in [0.05, 0.1) is 5.69 Å². The van der Waals surface area contributed by atoms with Crippen molar-refractivity contribution in [3.63, 3.8) is 0 Å². The van der Waals surface area contributed by atoms with E-state index in [0.29, 0.717) is 12.1 Å². The van der Waals surface area contributed by atoms with Crippen LogP contribution in [-0.2, 0) is 0 Å². The van der Waals surface area contributed by atoms with Crippen molar-refractivity contribution in [3.05, 3.63) is 36.8 Å². The molecule has 0 amide bonds. The Morgan fingerprint density at radius 2 is 2.15 bits per heavy atom. The van der Waals surface area contributed by atoms with Crippen molar-refractivity contribution >= 4 is 5.69 Å². The molecule has 4 heterocycles. The second-order valence-electron chi connectivity index (χ2n) is 5.61. The Kier molecular flexibility index (Phi) is 2.92. The highest BCUT2D eigenvalue weighted by atomic mass is 15.3. The fourth-order valence-corrected chi connectivity index (χ4v) is 3.54. The van der Waals surface area contributed by atoms with E-state index in [9.17, 15) is 0 Å². The molecule has 104 valence electrons. The highest BCUT2D eigenvalue weighted by Gasteiger charge is 2.37. The largest absolute Gasteiger partial charge is 0.378 e. The number of nitrogens with one attached hydrogen (secondary N) is 1. The Balaban J connectivity index is 1.60. The van der Waals surface area contributed by atoms with Crippen LogP contribution in [0.25, 0.3) is 5.82 Å². The van der Waals surface area contributed by atoms with Crippen molar-refractivity contribution in [2.45, 2.75) is 31.3 Å². The molecule has 0 saturated carbocycles. The van der Waals surface area contributed by atoms with Gasteiger partial charge in [-0.2, -0.15) is 5.10 Å². The van der Waals surface area contributed by atoms with Crippen LogP contribution in [0.2, 0.25) is 0 Å². The molecule has 2 atom stereocenters. The zero-order chi connectivity index (χ0) is 13.4. The number of aromatic nitrogens is 3. The summed E-state index contributed by atoms with van der Waals surface area (Å²) < 4.78 is 1.82. The van der Waals surface area contributed by atoms with E-state index in [2.05, 4.69) is 26.4 Å². The SMILES string of the molecule is c1cnc(-n2cccn2)c(NC2CCN3CCCC23)c1. The maximum atomic E-state index is 4.47. The predicted molar refractivity (Wildman–Crippen MR) is 78.0 cm³/mol. The molecule has 0 aliphatic carbocycles. The Labute approximate surface area is 118 Å². The average molecular weight is 269 g/mol. The van der Waals surface area contributed by atoms with Gasteiger partial charge in [-0.1, -0.05) is 0 Å². The van der Waals surface area contributed by atoms with Crippen LogP contribution < -0.4 is 5.32 Å². The second-order valence-corrected chi connectivity index (χ2v) is 5.61. The third kappa shape index (κ3) is 1.98. The summed E-state index contributed by atoms with van der Waals surface area (Å²) >= 11 is 0. The molecule has 2 aliphatic heterocycles. The first-order valence-corrected chi connectivity index (χ1v) is 7.37. The first kappa shape index (κ1) is 11.9. The van der Waals surface area contributed by atoms with E-state index in [1.165, 1.54) is 32.4 Å². The summed E-state index contributed by atoms with van der Waals surface area (Å²) in [6, 6.07) is 7.24. The Morgan fingerprint density at radius 1 is 1.15 bits per heavy atom. The van der Waals surface area contributed by atoms with Crippen LogP contribution in [0.5, 0.6) is 0 Å². The summed E-state index contributed by atoms with van der Waals surface area (Å²) in [5.74, 6) is 0.883. The molecule has 20 heavy (non-hydrogen) atoms. The average Bonchev–Trinajstić information content (AvgIpc) is 3.18. The lowest BCUT2D eigenvalue weighted by Gasteiger charge is -2.23. The number of pyridine rings is 1. The van der Waals surface area contributed by atoms with Gasteiger partial charge in [0.25, 0.3) is 0 Å². The quantitative estimate of drug-likeness (QED) is 0.924. The molecule has 5 heteroatoms. The first-order valence-electron chi connectivity index (χ1n) is 7.37. The predicted octanol–water partition coefficient (Wildman–Crippen LogP) is 1.92. The fourth-order valence-electron chi connectivity index (χ4n) is 3.54. The minimum atomic E-state index is 0.538. The molecule has 2 aliphatic rings. The van der Waals surface area contributed by atoms with Gasteiger partial charge in [-0.25, -0.2) is 9.67 Å². The molecule has 0 radical (unpaired) electrons. The lowest BCUT2D eigenvalue weighted by Crippen LogP contribution is -2.34. The van der Waals surface area contributed by atoms with E-state index in [1.807, 2.05) is 29.2 Å². The molecular weight excluding hydrogens is 250 g/mol. The van der Waals surface area contributed by atoms with Crippen molar-refractivity contribution in [1.82, 2.24) is 19.7 Å². The lowest BCUT2D eigenvalue weighted by molar-refractivity contribution is 0.318. The topological polar surface area (TPSA) is 46.0 Å². The summed E-state index contributed by atoms with van der Waals surface area (Å²) in [4.78, 5) is 7.09. The van der Waals surface area contributed by atoms with Gasteiger partial charge in [0.15, 0.2) is 5.82 Å². The van der Waals surface area contributed by atoms with Gasteiger partial charge in [0, 0.05) is 37.2 Å². The standard InChI is InChI=1S/C15H19N5/c1-4-13(15(16-7-1)20-10-3-8-17-20)18-12-6-11-19-9-2-5-14(12)19/h1,3-4,7-8,10,12,14,18H,2,5-6,9,11H2. The Hall–Kier alpha value is -1.88. The molecule has 0 spiro atoms. The van der Waals surface area contributed by atoms with Gasteiger partial charge in [0.1, 0.15) is 0 Å². The molecule has 1 N–H and O–H groups in total. The van der Waals surface area contributed by atoms with E-state index in [0.717, 1.165) is 11.5 Å². The highest BCUT2D eigenvalue weighted by molar-refractivity contribution is 5.57. The van der Waals surface area contributed by atoms with Crippen LogP contribution >= 0.6 is 0 Å². The highest BCUT2D eigenvalue weighted by Crippen LogP contribution is 2.31. The summed E-state index contributed by atoms with van der Waals surface area (Å²) in [6.07, 6.45) is 9.41. The van der Waals surface area contributed by atoms with Gasteiger partial charge in [-0.3, -0.25) is 4.90 Å². The zero-order valence-corrected chi connectivity index (χ0v) is 11.4. The third-order valence-electron chi connectivity index (χ3n) is 4.46. The molecule has 2 unspecified atom stereocenters. The van der Waals surface area contributed by atoms with Gasteiger partial charge in [-0.15, -0.1) is 0 Å². The van der Waals surface area contributed by atoms with Crippen molar-refractivity contribution in [1.29, 1.82) is 0 Å². The van der Waals surface area contributed by atoms with E-state index < -0.39 is 0 Å². The van der Waals surface area contributed by atoms with E-state index in [-0.39, 0.29) is 0 Å². The number of hydrogen-bond acceptors (Lipinski definition) is 4. The summed E-state index contributed by atoms with van der Waals surface area (Å²) in [6.45, 7) is 2.49. The van der Waals surface area contributed by atoms with Crippen molar-refractivity contribution in [2.75, 3.05) is 18.4 Å². The van der Waals surface area contributed by atoms with Gasteiger partial charge < -0.3 is 5.32 Å². The zero-order valence-electron chi connectivity index (χ0n) is 11.4. The molecule has 0 bridgehead atoms. The number of rotatable bonds is 3. The van der Waals surface area contributed by atoms with Crippen molar-refractivity contribution in [2.24, 2.45) is 0 Å². The van der Waals surface area contributed by atoms with Crippen LogP contribution in [0, 0.1) is 0 Å². The normalized spacial score (nSPS) is 25.8. The lowest BCUT2D eigenvalue weighted by atomic mass is 10.1. The monoisotopic (exact) mass is 269 g/mol.